The Morgan fingerprint density at radius 3 is 2.16 bits per heavy atom. The van der Waals surface area contributed by atoms with Crippen LogP contribution in [0.15, 0.2) is 48.5 Å². The summed E-state index contributed by atoms with van der Waals surface area (Å²) in [7, 11) is 0. The van der Waals surface area contributed by atoms with Gasteiger partial charge in [0.1, 0.15) is 0 Å². The number of urea groups is 1. The van der Waals surface area contributed by atoms with Crippen molar-refractivity contribution in [3.05, 3.63) is 64.7 Å². The summed E-state index contributed by atoms with van der Waals surface area (Å²) in [5.74, 6) is 0.0920. The number of hydrogen-bond acceptors (Lipinski definition) is 4. The third-order valence-electron chi connectivity index (χ3n) is 5.27. The van der Waals surface area contributed by atoms with Gasteiger partial charge >= 0.3 is 6.03 Å². The van der Waals surface area contributed by atoms with Crippen LogP contribution in [0.2, 0.25) is 5.02 Å². The van der Waals surface area contributed by atoms with Gasteiger partial charge in [-0.2, -0.15) is 0 Å². The molecule has 0 unspecified atom stereocenters. The number of aliphatic hydroxyl groups is 1. The Bertz CT molecular complexity index is 902. The number of piperazine rings is 1. The molecule has 3 rings (SSSR count). The second-order valence-electron chi connectivity index (χ2n) is 8.78. The first-order valence-electron chi connectivity index (χ1n) is 10.8. The van der Waals surface area contributed by atoms with E-state index >= 15 is 0 Å². The van der Waals surface area contributed by atoms with Crippen LogP contribution in [0, 0.1) is 0 Å². The molecule has 32 heavy (non-hydrogen) atoms. The number of hydrogen-bond donors (Lipinski definition) is 3. The van der Waals surface area contributed by atoms with E-state index in [-0.39, 0.29) is 11.9 Å². The maximum Gasteiger partial charge on any atom is 0.319 e. The average Bonchev–Trinajstić information content (AvgIpc) is 2.74. The van der Waals surface area contributed by atoms with Gasteiger partial charge in [-0.05, 0) is 49.2 Å². The van der Waals surface area contributed by atoms with Crippen molar-refractivity contribution in [2.75, 3.05) is 38.0 Å². The smallest absolute Gasteiger partial charge is 0.319 e. The van der Waals surface area contributed by atoms with E-state index in [2.05, 4.69) is 15.5 Å². The summed E-state index contributed by atoms with van der Waals surface area (Å²) in [5, 5.41) is 16.2. The van der Waals surface area contributed by atoms with E-state index in [1.54, 1.807) is 38.1 Å². The highest BCUT2D eigenvalue weighted by Crippen LogP contribution is 2.14. The van der Waals surface area contributed by atoms with Crippen LogP contribution in [-0.4, -0.2) is 65.2 Å². The van der Waals surface area contributed by atoms with Crippen LogP contribution >= 0.6 is 11.6 Å². The predicted molar refractivity (Wildman–Crippen MR) is 127 cm³/mol. The zero-order valence-electron chi connectivity index (χ0n) is 18.6. The molecule has 0 atom stereocenters. The summed E-state index contributed by atoms with van der Waals surface area (Å²) in [6.07, 6.45) is 0.328. The van der Waals surface area contributed by atoms with Gasteiger partial charge in [0.25, 0.3) is 0 Å². The summed E-state index contributed by atoms with van der Waals surface area (Å²) in [4.78, 5) is 28.8. The summed E-state index contributed by atoms with van der Waals surface area (Å²) in [6, 6.07) is 14.3. The highest BCUT2D eigenvalue weighted by atomic mass is 35.5. The standard InChI is InChI=1S/C24H31ClN4O3/c1-24(2,32)17-28-11-13-29(14-12-28)22(30)15-18-5-9-21(10-6-18)27-23(31)26-16-19-3-7-20(25)8-4-19/h3-10,32H,11-17H2,1-2H3,(H2,26,27,31). The maximum atomic E-state index is 12.6. The minimum Gasteiger partial charge on any atom is -0.389 e. The van der Waals surface area contributed by atoms with Crippen molar-refractivity contribution in [1.82, 2.24) is 15.1 Å². The second-order valence-corrected chi connectivity index (χ2v) is 9.21. The fourth-order valence-electron chi connectivity index (χ4n) is 3.65. The van der Waals surface area contributed by atoms with Crippen LogP contribution in [0.25, 0.3) is 0 Å². The fourth-order valence-corrected chi connectivity index (χ4v) is 3.78. The molecule has 0 spiro atoms. The Hall–Kier alpha value is -2.61. The van der Waals surface area contributed by atoms with E-state index < -0.39 is 5.60 Å². The van der Waals surface area contributed by atoms with Gasteiger partial charge in [0.2, 0.25) is 5.91 Å². The van der Waals surface area contributed by atoms with Crippen molar-refractivity contribution >= 4 is 29.2 Å². The van der Waals surface area contributed by atoms with E-state index in [1.807, 2.05) is 29.2 Å². The van der Waals surface area contributed by atoms with Gasteiger partial charge in [-0.25, -0.2) is 4.79 Å². The molecule has 0 aromatic heterocycles. The van der Waals surface area contributed by atoms with Gasteiger partial charge in [-0.1, -0.05) is 35.9 Å². The molecule has 1 heterocycles. The lowest BCUT2D eigenvalue weighted by Crippen LogP contribution is -2.52. The third kappa shape index (κ3) is 7.82. The lowest BCUT2D eigenvalue weighted by molar-refractivity contribution is -0.132. The molecule has 0 aliphatic carbocycles. The quantitative estimate of drug-likeness (QED) is 0.595. The number of halogens is 1. The molecule has 1 aliphatic heterocycles. The largest absolute Gasteiger partial charge is 0.389 e. The Morgan fingerprint density at radius 1 is 0.969 bits per heavy atom. The Labute approximate surface area is 194 Å². The van der Waals surface area contributed by atoms with Gasteiger partial charge in [0.15, 0.2) is 0 Å². The first-order valence-corrected chi connectivity index (χ1v) is 11.2. The number of anilines is 1. The van der Waals surface area contributed by atoms with Gasteiger partial charge in [0.05, 0.1) is 12.0 Å². The monoisotopic (exact) mass is 458 g/mol. The van der Waals surface area contributed by atoms with Crippen LogP contribution in [0.5, 0.6) is 0 Å². The predicted octanol–water partition coefficient (Wildman–Crippen LogP) is 3.12. The maximum absolute atomic E-state index is 12.6. The van der Waals surface area contributed by atoms with Crippen LogP contribution in [-0.2, 0) is 17.8 Å². The number of β-amino-alcohol motifs (C(OH)–C–C–N with tert-alkyl or cyclic N) is 1. The number of carbonyl (C=O) groups excluding carboxylic acids is 2. The van der Waals surface area contributed by atoms with E-state index in [0.29, 0.717) is 43.3 Å². The zero-order valence-corrected chi connectivity index (χ0v) is 19.4. The highest BCUT2D eigenvalue weighted by Gasteiger charge is 2.24. The average molecular weight is 459 g/mol. The van der Waals surface area contributed by atoms with Crippen molar-refractivity contribution in [3.63, 3.8) is 0 Å². The molecule has 2 aromatic carbocycles. The lowest BCUT2D eigenvalue weighted by atomic mass is 10.1. The second kappa shape index (κ2) is 10.8. The van der Waals surface area contributed by atoms with Crippen molar-refractivity contribution in [2.24, 2.45) is 0 Å². The lowest BCUT2D eigenvalue weighted by Gasteiger charge is -2.37. The molecule has 2 aromatic rings. The van der Waals surface area contributed by atoms with Crippen LogP contribution in [0.3, 0.4) is 0 Å². The first-order chi connectivity index (χ1) is 15.2. The van der Waals surface area contributed by atoms with Gasteiger partial charge in [-0.3, -0.25) is 9.69 Å². The molecule has 0 saturated carbocycles. The summed E-state index contributed by atoms with van der Waals surface area (Å²) in [5.41, 5.74) is 1.80. The SMILES string of the molecule is CC(C)(O)CN1CCN(C(=O)Cc2ccc(NC(=O)NCc3ccc(Cl)cc3)cc2)CC1. The molecule has 0 radical (unpaired) electrons. The minimum absolute atomic E-state index is 0.0920. The van der Waals surface area contributed by atoms with Crippen LogP contribution in [0.4, 0.5) is 10.5 Å². The number of carbonyl (C=O) groups is 2. The molecule has 3 N–H and O–H groups in total. The number of nitrogens with zero attached hydrogens (tertiary/aromatic N) is 2. The van der Waals surface area contributed by atoms with E-state index in [4.69, 9.17) is 11.6 Å². The third-order valence-corrected chi connectivity index (χ3v) is 5.52. The van der Waals surface area contributed by atoms with Crippen LogP contribution < -0.4 is 10.6 Å². The van der Waals surface area contributed by atoms with Gasteiger partial charge < -0.3 is 20.6 Å². The number of rotatable bonds is 7. The molecule has 1 aliphatic rings. The van der Waals surface area contributed by atoms with Crippen molar-refractivity contribution in [2.45, 2.75) is 32.4 Å². The molecular formula is C24H31ClN4O3. The van der Waals surface area contributed by atoms with Crippen LogP contribution in [0.1, 0.15) is 25.0 Å². The zero-order chi connectivity index (χ0) is 23.1. The molecule has 1 saturated heterocycles. The molecular weight excluding hydrogens is 428 g/mol. The number of benzene rings is 2. The van der Waals surface area contributed by atoms with Gasteiger partial charge in [0, 0.05) is 50.0 Å². The van der Waals surface area contributed by atoms with Gasteiger partial charge in [-0.15, -0.1) is 0 Å². The van der Waals surface area contributed by atoms with E-state index in [0.717, 1.165) is 24.2 Å². The molecule has 0 bridgehead atoms. The molecule has 1 fully saturated rings. The molecule has 172 valence electrons. The minimum atomic E-state index is -0.727. The highest BCUT2D eigenvalue weighted by molar-refractivity contribution is 6.30. The molecule has 8 heteroatoms. The molecule has 7 nitrogen and oxygen atoms in total. The van der Waals surface area contributed by atoms with Crippen molar-refractivity contribution in [3.8, 4) is 0 Å². The van der Waals surface area contributed by atoms with Crippen molar-refractivity contribution < 1.29 is 14.7 Å². The summed E-state index contributed by atoms with van der Waals surface area (Å²) < 4.78 is 0. The topological polar surface area (TPSA) is 84.9 Å². The summed E-state index contributed by atoms with van der Waals surface area (Å²) >= 11 is 5.86. The van der Waals surface area contributed by atoms with E-state index in [9.17, 15) is 14.7 Å². The summed E-state index contributed by atoms with van der Waals surface area (Å²) in [6.45, 7) is 7.48. The number of amides is 3. The van der Waals surface area contributed by atoms with E-state index in [1.165, 1.54) is 0 Å². The Kier molecular flexibility index (Phi) is 8.12. The fraction of sp³-hybridized carbons (Fsp3) is 0.417. The molecule has 3 amide bonds. The first kappa shape index (κ1) is 24.0. The Morgan fingerprint density at radius 2 is 1.56 bits per heavy atom. The Balaban J connectivity index is 1.41. The number of nitrogens with one attached hydrogen (secondary N) is 2. The van der Waals surface area contributed by atoms with Crippen molar-refractivity contribution in [1.29, 1.82) is 0 Å². The normalized spacial score (nSPS) is 14.8.